The molecule has 2 heterocycles. The lowest BCUT2D eigenvalue weighted by Gasteiger charge is -2.03. The molecule has 2 rings (SSSR count). The Morgan fingerprint density at radius 2 is 2.33 bits per heavy atom. The quantitative estimate of drug-likeness (QED) is 0.798. The molecule has 2 aromatic rings. The van der Waals surface area contributed by atoms with E-state index in [0.29, 0.717) is 0 Å². The zero-order chi connectivity index (χ0) is 10.7. The van der Waals surface area contributed by atoms with Crippen LogP contribution in [-0.4, -0.2) is 20.0 Å². The van der Waals surface area contributed by atoms with Gasteiger partial charge in [-0.15, -0.1) is 5.10 Å². The van der Waals surface area contributed by atoms with Crippen molar-refractivity contribution in [3.8, 4) is 0 Å². The van der Waals surface area contributed by atoms with E-state index in [-0.39, 0.29) is 0 Å². The van der Waals surface area contributed by atoms with Crippen LogP contribution in [0, 0.1) is 6.92 Å². The van der Waals surface area contributed by atoms with Crippen LogP contribution in [0.1, 0.15) is 17.0 Å². The number of aromatic nitrogens is 4. The fraction of sp³-hybridized carbons (Fsp3) is 0.300. The van der Waals surface area contributed by atoms with Crippen molar-refractivity contribution in [1.82, 2.24) is 20.0 Å². The van der Waals surface area contributed by atoms with E-state index in [1.807, 2.05) is 23.9 Å². The van der Waals surface area contributed by atoms with Crippen molar-refractivity contribution < 1.29 is 0 Å². The molecule has 78 valence electrons. The molecule has 0 saturated carbocycles. The minimum atomic E-state index is 0.722. The zero-order valence-electron chi connectivity index (χ0n) is 8.39. The van der Waals surface area contributed by atoms with Crippen LogP contribution in [0.3, 0.4) is 0 Å². The van der Waals surface area contributed by atoms with Gasteiger partial charge in [-0.25, -0.2) is 4.68 Å². The van der Waals surface area contributed by atoms with Crippen LogP contribution in [0.4, 0.5) is 0 Å². The average Bonchev–Trinajstić information content (AvgIpc) is 2.69. The van der Waals surface area contributed by atoms with E-state index < -0.39 is 0 Å². The van der Waals surface area contributed by atoms with E-state index in [1.54, 1.807) is 6.20 Å². The number of nitrogens with zero attached hydrogens (tertiary/aromatic N) is 4. The summed E-state index contributed by atoms with van der Waals surface area (Å²) in [5.74, 6) is 0. The van der Waals surface area contributed by atoms with Crippen LogP contribution in [0.15, 0.2) is 24.5 Å². The molecule has 0 amide bonds. The SMILES string of the molecule is Cc1ncccc1Cn1cc(CBr)nn1. The first-order valence-corrected chi connectivity index (χ1v) is 5.77. The van der Waals surface area contributed by atoms with E-state index in [2.05, 4.69) is 37.3 Å². The largest absolute Gasteiger partial charge is 0.261 e. The highest BCUT2D eigenvalue weighted by Crippen LogP contribution is 2.06. The van der Waals surface area contributed by atoms with E-state index in [4.69, 9.17) is 0 Å². The van der Waals surface area contributed by atoms with Gasteiger partial charge in [0.2, 0.25) is 0 Å². The molecule has 0 aromatic carbocycles. The average molecular weight is 267 g/mol. The smallest absolute Gasteiger partial charge is 0.0932 e. The molecule has 2 aromatic heterocycles. The summed E-state index contributed by atoms with van der Waals surface area (Å²) < 4.78 is 1.82. The Labute approximate surface area is 96.5 Å². The third-order valence-corrected chi connectivity index (χ3v) is 2.75. The molecule has 0 N–H and O–H groups in total. The highest BCUT2D eigenvalue weighted by atomic mass is 79.9. The Hall–Kier alpha value is -1.23. The lowest BCUT2D eigenvalue weighted by molar-refractivity contribution is 0.645. The number of hydrogen-bond donors (Lipinski definition) is 0. The summed E-state index contributed by atoms with van der Waals surface area (Å²) in [5.41, 5.74) is 3.15. The Kier molecular flexibility index (Phi) is 3.11. The van der Waals surface area contributed by atoms with Crippen molar-refractivity contribution in [3.63, 3.8) is 0 Å². The Bertz CT molecular complexity index is 452. The van der Waals surface area contributed by atoms with Crippen LogP contribution in [0.5, 0.6) is 0 Å². The van der Waals surface area contributed by atoms with Crippen molar-refractivity contribution in [2.75, 3.05) is 0 Å². The second-order valence-corrected chi connectivity index (χ2v) is 3.85. The molecule has 15 heavy (non-hydrogen) atoms. The van der Waals surface area contributed by atoms with Gasteiger partial charge in [0.15, 0.2) is 0 Å². The third kappa shape index (κ3) is 2.41. The number of alkyl halides is 1. The summed E-state index contributed by atoms with van der Waals surface area (Å²) in [5, 5.41) is 8.77. The van der Waals surface area contributed by atoms with Crippen LogP contribution >= 0.6 is 15.9 Å². The summed E-state index contributed by atoms with van der Waals surface area (Å²) in [6.45, 7) is 2.72. The maximum atomic E-state index is 4.23. The summed E-state index contributed by atoms with van der Waals surface area (Å²) in [6.07, 6.45) is 3.73. The second-order valence-electron chi connectivity index (χ2n) is 3.29. The molecule has 0 saturated heterocycles. The minimum absolute atomic E-state index is 0.722. The molecular formula is C10H11BrN4. The van der Waals surface area contributed by atoms with Gasteiger partial charge in [0.25, 0.3) is 0 Å². The number of pyridine rings is 1. The van der Waals surface area contributed by atoms with Crippen LogP contribution in [-0.2, 0) is 11.9 Å². The monoisotopic (exact) mass is 266 g/mol. The molecule has 4 nitrogen and oxygen atoms in total. The highest BCUT2D eigenvalue weighted by Gasteiger charge is 2.02. The van der Waals surface area contributed by atoms with Crippen molar-refractivity contribution in [3.05, 3.63) is 41.5 Å². The molecule has 5 heteroatoms. The standard InChI is InChI=1S/C10H11BrN4/c1-8-9(3-2-4-12-8)6-15-7-10(5-11)13-14-15/h2-4,7H,5-6H2,1H3. The van der Waals surface area contributed by atoms with Crippen LogP contribution in [0.25, 0.3) is 0 Å². The molecule has 0 aliphatic rings. The highest BCUT2D eigenvalue weighted by molar-refractivity contribution is 9.08. The van der Waals surface area contributed by atoms with E-state index in [0.717, 1.165) is 23.3 Å². The normalized spacial score (nSPS) is 10.5. The molecular weight excluding hydrogens is 256 g/mol. The maximum absolute atomic E-state index is 4.23. The Morgan fingerprint density at radius 3 is 3.00 bits per heavy atom. The van der Waals surface area contributed by atoms with Gasteiger partial charge in [-0.1, -0.05) is 27.2 Å². The second kappa shape index (κ2) is 4.53. The fourth-order valence-corrected chi connectivity index (χ4v) is 1.59. The molecule has 0 atom stereocenters. The maximum Gasteiger partial charge on any atom is 0.0932 e. The minimum Gasteiger partial charge on any atom is -0.261 e. The number of rotatable bonds is 3. The third-order valence-electron chi connectivity index (χ3n) is 2.17. The summed E-state index contributed by atoms with van der Waals surface area (Å²) in [6, 6.07) is 3.99. The van der Waals surface area contributed by atoms with Gasteiger partial charge < -0.3 is 0 Å². The van der Waals surface area contributed by atoms with Crippen molar-refractivity contribution in [1.29, 1.82) is 0 Å². The number of hydrogen-bond acceptors (Lipinski definition) is 3. The summed E-state index contributed by atoms with van der Waals surface area (Å²) in [7, 11) is 0. The molecule has 0 aliphatic heterocycles. The van der Waals surface area contributed by atoms with E-state index in [9.17, 15) is 0 Å². The fourth-order valence-electron chi connectivity index (χ4n) is 1.34. The topological polar surface area (TPSA) is 43.6 Å². The van der Waals surface area contributed by atoms with Crippen LogP contribution in [0.2, 0.25) is 0 Å². The van der Waals surface area contributed by atoms with Gasteiger partial charge in [0.1, 0.15) is 0 Å². The van der Waals surface area contributed by atoms with E-state index >= 15 is 0 Å². The van der Waals surface area contributed by atoms with Gasteiger partial charge in [-0.3, -0.25) is 4.98 Å². The van der Waals surface area contributed by atoms with Crippen molar-refractivity contribution >= 4 is 15.9 Å². The molecule has 0 aliphatic carbocycles. The van der Waals surface area contributed by atoms with Crippen molar-refractivity contribution in [2.45, 2.75) is 18.8 Å². The predicted molar refractivity (Wildman–Crippen MR) is 60.7 cm³/mol. The number of halogens is 1. The summed E-state index contributed by atoms with van der Waals surface area (Å²) in [4.78, 5) is 4.23. The number of aryl methyl sites for hydroxylation is 1. The molecule has 0 fully saturated rings. The Balaban J connectivity index is 2.18. The molecule has 0 bridgehead atoms. The van der Waals surface area contributed by atoms with Crippen molar-refractivity contribution in [2.24, 2.45) is 0 Å². The zero-order valence-corrected chi connectivity index (χ0v) is 9.98. The van der Waals surface area contributed by atoms with E-state index in [1.165, 1.54) is 5.56 Å². The van der Waals surface area contributed by atoms with Gasteiger partial charge in [-0.05, 0) is 18.6 Å². The first-order valence-electron chi connectivity index (χ1n) is 4.65. The van der Waals surface area contributed by atoms with Gasteiger partial charge >= 0.3 is 0 Å². The van der Waals surface area contributed by atoms with Gasteiger partial charge in [0.05, 0.1) is 12.2 Å². The molecule has 0 radical (unpaired) electrons. The van der Waals surface area contributed by atoms with Gasteiger partial charge in [0, 0.05) is 23.4 Å². The van der Waals surface area contributed by atoms with Crippen LogP contribution < -0.4 is 0 Å². The lowest BCUT2D eigenvalue weighted by atomic mass is 10.2. The molecule has 0 unspecified atom stereocenters. The van der Waals surface area contributed by atoms with Gasteiger partial charge in [-0.2, -0.15) is 0 Å². The first kappa shape index (κ1) is 10.3. The summed E-state index contributed by atoms with van der Waals surface area (Å²) >= 11 is 3.34. The lowest BCUT2D eigenvalue weighted by Crippen LogP contribution is -2.03. The molecule has 0 spiro atoms. The Morgan fingerprint density at radius 1 is 1.47 bits per heavy atom. The predicted octanol–water partition coefficient (Wildman–Crippen LogP) is 1.92. The first-order chi connectivity index (χ1) is 7.29.